The molecule has 0 rings (SSSR count). The molecule has 6 nitrogen and oxygen atoms in total. The lowest BCUT2D eigenvalue weighted by Gasteiger charge is -2.18. The largest absolute Gasteiger partial charge is 0.462 e. The van der Waals surface area contributed by atoms with Gasteiger partial charge in [-0.2, -0.15) is 0 Å². The molecule has 0 saturated heterocycles. The van der Waals surface area contributed by atoms with Crippen molar-refractivity contribution in [2.45, 2.75) is 277 Å². The van der Waals surface area contributed by atoms with E-state index in [0.717, 1.165) is 116 Å². The molecule has 1 unspecified atom stereocenters. The van der Waals surface area contributed by atoms with E-state index in [1.165, 1.54) is 109 Å². The second-order valence-electron chi connectivity index (χ2n) is 19.5. The maximum absolute atomic E-state index is 12.8. The fraction of sp³-hybridized carbons (Fsp3) is 0.682. The van der Waals surface area contributed by atoms with E-state index in [-0.39, 0.29) is 37.5 Å². The Morgan fingerprint density at radius 3 is 0.889 bits per heavy atom. The molecule has 0 heterocycles. The normalized spacial score (nSPS) is 12.9. The van der Waals surface area contributed by atoms with Crippen molar-refractivity contribution in [3.8, 4) is 0 Å². The van der Waals surface area contributed by atoms with Crippen molar-refractivity contribution in [3.63, 3.8) is 0 Å². The van der Waals surface area contributed by atoms with Gasteiger partial charge >= 0.3 is 17.9 Å². The van der Waals surface area contributed by atoms with Crippen molar-refractivity contribution in [1.82, 2.24) is 0 Å². The number of rotatable bonds is 53. The van der Waals surface area contributed by atoms with Gasteiger partial charge in [0, 0.05) is 19.3 Å². The van der Waals surface area contributed by atoms with Gasteiger partial charge in [-0.25, -0.2) is 0 Å². The summed E-state index contributed by atoms with van der Waals surface area (Å²) >= 11 is 0. The molecular formula is C66H110O6. The van der Waals surface area contributed by atoms with Crippen LogP contribution in [0, 0.1) is 0 Å². The number of hydrogen-bond acceptors (Lipinski definition) is 6. The second kappa shape index (κ2) is 59.6. The van der Waals surface area contributed by atoms with Crippen molar-refractivity contribution in [2.24, 2.45) is 0 Å². The van der Waals surface area contributed by atoms with Crippen molar-refractivity contribution in [3.05, 3.63) is 109 Å². The number of allylic oxidation sites excluding steroid dienone is 18. The van der Waals surface area contributed by atoms with Crippen LogP contribution in [0.3, 0.4) is 0 Å². The number of carbonyl (C=O) groups is 3. The van der Waals surface area contributed by atoms with Gasteiger partial charge in [-0.3, -0.25) is 14.4 Å². The molecule has 0 saturated carbocycles. The number of ether oxygens (including phenoxy) is 3. The summed E-state index contributed by atoms with van der Waals surface area (Å²) in [5, 5.41) is 0. The molecule has 0 bridgehead atoms. The van der Waals surface area contributed by atoms with E-state index in [4.69, 9.17) is 14.2 Å². The van der Waals surface area contributed by atoms with E-state index in [0.29, 0.717) is 19.3 Å². The minimum absolute atomic E-state index is 0.0977. The molecule has 0 fully saturated rings. The highest BCUT2D eigenvalue weighted by Crippen LogP contribution is 2.15. The summed E-state index contributed by atoms with van der Waals surface area (Å²) in [5.74, 6) is -0.947. The number of unbranched alkanes of at least 4 members (excludes halogenated alkanes) is 24. The quantitative estimate of drug-likeness (QED) is 0.0261. The Kier molecular flexibility index (Phi) is 56.4. The SMILES string of the molecule is CC/C=C\C/C=C\C/C=C\C/C=C\CCCCCCCCCCCCCCCCC(=O)OCC(COC(=O)CCCCCCC/C=C\CCCCC)OC(=O)CCCC/C=C\C/C=C\C/C=C\C/C=C\CC. The first-order valence-electron chi connectivity index (χ1n) is 29.9. The molecule has 0 N–H and O–H groups in total. The summed E-state index contributed by atoms with van der Waals surface area (Å²) in [6, 6.07) is 0. The van der Waals surface area contributed by atoms with Crippen molar-refractivity contribution in [2.75, 3.05) is 13.2 Å². The van der Waals surface area contributed by atoms with E-state index in [2.05, 4.69) is 130 Å². The Morgan fingerprint density at radius 1 is 0.292 bits per heavy atom. The van der Waals surface area contributed by atoms with Crippen LogP contribution in [0.15, 0.2) is 109 Å². The van der Waals surface area contributed by atoms with E-state index in [1.54, 1.807) is 0 Å². The average Bonchev–Trinajstić information content (AvgIpc) is 3.38. The molecule has 0 aliphatic heterocycles. The third-order valence-electron chi connectivity index (χ3n) is 12.5. The van der Waals surface area contributed by atoms with Gasteiger partial charge in [0.05, 0.1) is 0 Å². The molecule has 0 aromatic rings. The topological polar surface area (TPSA) is 78.9 Å². The summed E-state index contributed by atoms with van der Waals surface area (Å²) in [4.78, 5) is 38.1. The molecule has 0 aliphatic carbocycles. The third-order valence-corrected chi connectivity index (χ3v) is 12.5. The first-order chi connectivity index (χ1) is 35.5. The number of hydrogen-bond donors (Lipinski definition) is 0. The van der Waals surface area contributed by atoms with E-state index < -0.39 is 6.10 Å². The van der Waals surface area contributed by atoms with Gasteiger partial charge in [0.2, 0.25) is 0 Å². The fourth-order valence-corrected chi connectivity index (χ4v) is 8.07. The number of carbonyl (C=O) groups excluding carboxylic acids is 3. The molecule has 0 aromatic heterocycles. The fourth-order valence-electron chi connectivity index (χ4n) is 8.07. The molecule has 6 heteroatoms. The summed E-state index contributed by atoms with van der Waals surface area (Å²) < 4.78 is 16.8. The van der Waals surface area contributed by atoms with Gasteiger partial charge in [-0.15, -0.1) is 0 Å². The molecule has 1 atom stereocenters. The van der Waals surface area contributed by atoms with Crippen LogP contribution in [0.4, 0.5) is 0 Å². The minimum atomic E-state index is -0.804. The first kappa shape index (κ1) is 68.1. The molecule has 0 radical (unpaired) electrons. The van der Waals surface area contributed by atoms with Crippen molar-refractivity contribution in [1.29, 1.82) is 0 Å². The number of esters is 3. The Hall–Kier alpha value is -3.93. The molecule has 0 aromatic carbocycles. The zero-order chi connectivity index (χ0) is 52.2. The lowest BCUT2D eigenvalue weighted by Crippen LogP contribution is -2.30. The van der Waals surface area contributed by atoms with Crippen LogP contribution >= 0.6 is 0 Å². The van der Waals surface area contributed by atoms with E-state index in [1.807, 2.05) is 0 Å². The lowest BCUT2D eigenvalue weighted by atomic mass is 10.0. The molecular weight excluding hydrogens is 889 g/mol. The zero-order valence-corrected chi connectivity index (χ0v) is 46.9. The van der Waals surface area contributed by atoms with Crippen LogP contribution in [-0.2, 0) is 28.6 Å². The van der Waals surface area contributed by atoms with Crippen LogP contribution in [0.2, 0.25) is 0 Å². The molecule has 410 valence electrons. The first-order valence-corrected chi connectivity index (χ1v) is 29.9. The van der Waals surface area contributed by atoms with Gasteiger partial charge in [-0.1, -0.05) is 239 Å². The maximum Gasteiger partial charge on any atom is 0.306 e. The summed E-state index contributed by atoms with van der Waals surface area (Å²) in [5.41, 5.74) is 0. The molecule has 72 heavy (non-hydrogen) atoms. The highest BCUT2D eigenvalue weighted by Gasteiger charge is 2.19. The average molecular weight is 1000 g/mol. The summed E-state index contributed by atoms with van der Waals surface area (Å²) in [6.45, 7) is 6.35. The van der Waals surface area contributed by atoms with Crippen molar-refractivity contribution < 1.29 is 28.6 Å². The molecule has 0 aliphatic rings. The standard InChI is InChI=1S/C66H110O6/c1-4-7-10-13-16-19-22-25-27-28-29-30-31-32-33-34-35-36-37-38-40-41-44-47-50-53-56-59-65(68)71-62-63(61-70-64(67)58-55-52-49-46-43-24-21-18-15-12-9-6-3)72-66(69)60-57-54-51-48-45-42-39-26-23-20-17-14-11-8-5-2/h7-8,10-11,16-21,25-27,29-30,39,45,48,63H,4-6,9,12-15,22-24,28,31-38,40-44,46-47,49-62H2,1-3H3/b10-7-,11-8-,19-16-,20-17-,21-18-,27-25-,30-29-,39-26-,48-45-. The minimum Gasteiger partial charge on any atom is -0.462 e. The smallest absolute Gasteiger partial charge is 0.306 e. The van der Waals surface area contributed by atoms with Crippen molar-refractivity contribution >= 4 is 17.9 Å². The van der Waals surface area contributed by atoms with E-state index >= 15 is 0 Å². The molecule has 0 amide bonds. The Bertz CT molecular complexity index is 1470. The summed E-state index contributed by atoms with van der Waals surface area (Å²) in [7, 11) is 0. The van der Waals surface area contributed by atoms with Gasteiger partial charge in [0.1, 0.15) is 13.2 Å². The Balaban J connectivity index is 4.29. The Labute approximate surface area is 444 Å². The van der Waals surface area contributed by atoms with Gasteiger partial charge in [-0.05, 0) is 122 Å². The third kappa shape index (κ3) is 57.0. The van der Waals surface area contributed by atoms with Crippen LogP contribution in [0.1, 0.15) is 271 Å². The van der Waals surface area contributed by atoms with Crippen LogP contribution in [0.25, 0.3) is 0 Å². The van der Waals surface area contributed by atoms with Gasteiger partial charge in [0.15, 0.2) is 6.10 Å². The maximum atomic E-state index is 12.8. The zero-order valence-electron chi connectivity index (χ0n) is 46.9. The highest BCUT2D eigenvalue weighted by atomic mass is 16.6. The second-order valence-corrected chi connectivity index (χ2v) is 19.5. The molecule has 0 spiro atoms. The summed E-state index contributed by atoms with van der Waals surface area (Å²) in [6.07, 6.45) is 81.0. The monoisotopic (exact) mass is 999 g/mol. The van der Waals surface area contributed by atoms with E-state index in [9.17, 15) is 14.4 Å². The van der Waals surface area contributed by atoms with Crippen LogP contribution in [0.5, 0.6) is 0 Å². The lowest BCUT2D eigenvalue weighted by molar-refractivity contribution is -0.167. The van der Waals surface area contributed by atoms with Gasteiger partial charge in [0.25, 0.3) is 0 Å². The predicted molar refractivity (Wildman–Crippen MR) is 311 cm³/mol. The highest BCUT2D eigenvalue weighted by molar-refractivity contribution is 5.71. The van der Waals surface area contributed by atoms with Crippen LogP contribution in [-0.4, -0.2) is 37.2 Å². The Morgan fingerprint density at radius 2 is 0.542 bits per heavy atom. The van der Waals surface area contributed by atoms with Gasteiger partial charge < -0.3 is 14.2 Å². The van der Waals surface area contributed by atoms with Crippen LogP contribution < -0.4 is 0 Å². The predicted octanol–water partition coefficient (Wildman–Crippen LogP) is 20.3.